The van der Waals surface area contributed by atoms with Gasteiger partial charge in [0.15, 0.2) is 0 Å². The highest BCUT2D eigenvalue weighted by molar-refractivity contribution is 7.09. The third-order valence-corrected chi connectivity index (χ3v) is 4.21. The van der Waals surface area contributed by atoms with Crippen LogP contribution in [0.4, 0.5) is 16.5 Å². The lowest BCUT2D eigenvalue weighted by molar-refractivity contribution is -0.116. The normalized spacial score (nSPS) is 13.6. The number of rotatable bonds is 3. The van der Waals surface area contributed by atoms with Crippen LogP contribution in [0.2, 0.25) is 0 Å². The van der Waals surface area contributed by atoms with Gasteiger partial charge in [-0.05, 0) is 30.2 Å². The Bertz CT molecular complexity index is 680. The molecule has 1 aromatic carbocycles. The Morgan fingerprint density at radius 2 is 2.24 bits per heavy atom. The van der Waals surface area contributed by atoms with Crippen molar-refractivity contribution >= 4 is 33.9 Å². The molecule has 0 atom stereocenters. The number of benzene rings is 1. The van der Waals surface area contributed by atoms with E-state index in [1.54, 1.807) is 6.92 Å². The van der Waals surface area contributed by atoms with E-state index >= 15 is 0 Å². The highest BCUT2D eigenvalue weighted by atomic mass is 32.1. The molecule has 5 nitrogen and oxygen atoms in total. The van der Waals surface area contributed by atoms with Gasteiger partial charge < -0.3 is 10.2 Å². The number of anilines is 3. The van der Waals surface area contributed by atoms with Gasteiger partial charge in [-0.2, -0.15) is 4.37 Å². The molecule has 0 radical (unpaired) electrons. The first-order valence-corrected chi connectivity index (χ1v) is 7.83. The number of amides is 1. The minimum atomic E-state index is 0.0974. The molecule has 6 heteroatoms. The summed E-state index contributed by atoms with van der Waals surface area (Å²) in [6, 6.07) is 6.07. The second-order valence-electron chi connectivity index (χ2n) is 5.50. The lowest BCUT2D eigenvalue weighted by atomic mass is 10.1. The first-order valence-electron chi connectivity index (χ1n) is 7.06. The predicted octanol–water partition coefficient (Wildman–Crippen LogP) is 3.31. The van der Waals surface area contributed by atoms with Crippen molar-refractivity contribution in [1.29, 1.82) is 0 Å². The molecule has 3 rings (SSSR count). The Balaban J connectivity index is 1.80. The Hall–Kier alpha value is -1.95. The van der Waals surface area contributed by atoms with Crippen LogP contribution in [-0.2, 0) is 11.2 Å². The molecule has 0 unspecified atom stereocenters. The highest BCUT2D eigenvalue weighted by Crippen LogP contribution is 2.32. The molecule has 110 valence electrons. The number of carbonyl (C=O) groups is 1. The molecule has 0 saturated carbocycles. The van der Waals surface area contributed by atoms with E-state index in [4.69, 9.17) is 0 Å². The summed E-state index contributed by atoms with van der Waals surface area (Å²) < 4.78 is 4.33. The molecule has 0 spiro atoms. The van der Waals surface area contributed by atoms with Crippen molar-refractivity contribution in [2.24, 2.45) is 0 Å². The Labute approximate surface area is 128 Å². The summed E-state index contributed by atoms with van der Waals surface area (Å²) in [5, 5.41) is 4.10. The van der Waals surface area contributed by atoms with E-state index in [9.17, 15) is 4.79 Å². The Morgan fingerprint density at radius 1 is 1.43 bits per heavy atom. The molecule has 0 saturated heterocycles. The molecule has 1 N–H and O–H groups in total. The van der Waals surface area contributed by atoms with Crippen molar-refractivity contribution in [3.63, 3.8) is 0 Å². The van der Waals surface area contributed by atoms with E-state index in [2.05, 4.69) is 34.6 Å². The van der Waals surface area contributed by atoms with Crippen molar-refractivity contribution in [3.8, 4) is 0 Å². The lowest BCUT2D eigenvalue weighted by Crippen LogP contribution is -2.25. The van der Waals surface area contributed by atoms with Crippen molar-refractivity contribution in [1.82, 2.24) is 9.36 Å². The minimum absolute atomic E-state index is 0.0974. The molecule has 1 aliphatic heterocycles. The summed E-state index contributed by atoms with van der Waals surface area (Å²) in [5.41, 5.74) is 3.21. The van der Waals surface area contributed by atoms with Gasteiger partial charge in [0.05, 0.1) is 0 Å². The average molecular weight is 302 g/mol. The van der Waals surface area contributed by atoms with Gasteiger partial charge in [-0.1, -0.05) is 13.8 Å². The molecule has 2 heterocycles. The van der Waals surface area contributed by atoms with E-state index in [1.807, 2.05) is 17.0 Å². The van der Waals surface area contributed by atoms with Gasteiger partial charge in [0.25, 0.3) is 0 Å². The molecule has 1 aromatic heterocycles. The third kappa shape index (κ3) is 2.76. The second kappa shape index (κ2) is 5.44. The standard InChI is InChI=1S/C15H18N4OS/c1-9(2)14-17-15(21-18-14)16-12-4-5-13-11(8-12)6-7-19(13)10(3)20/h4-5,8-9H,6-7H2,1-3H3,(H,16,17,18). The third-order valence-electron chi connectivity index (χ3n) is 3.56. The van der Waals surface area contributed by atoms with Crippen LogP contribution in [-0.4, -0.2) is 21.8 Å². The smallest absolute Gasteiger partial charge is 0.223 e. The molecule has 0 aliphatic carbocycles. The Kier molecular flexibility index (Phi) is 3.63. The van der Waals surface area contributed by atoms with Crippen molar-refractivity contribution in [3.05, 3.63) is 29.6 Å². The van der Waals surface area contributed by atoms with E-state index in [-0.39, 0.29) is 5.91 Å². The first-order chi connectivity index (χ1) is 10.0. The minimum Gasteiger partial charge on any atom is -0.330 e. The van der Waals surface area contributed by atoms with Gasteiger partial charge >= 0.3 is 0 Å². The van der Waals surface area contributed by atoms with E-state index in [0.717, 1.165) is 35.3 Å². The van der Waals surface area contributed by atoms with Gasteiger partial charge in [0.2, 0.25) is 11.0 Å². The molecule has 21 heavy (non-hydrogen) atoms. The van der Waals surface area contributed by atoms with Crippen molar-refractivity contribution < 1.29 is 4.79 Å². The maximum atomic E-state index is 11.5. The van der Waals surface area contributed by atoms with Gasteiger partial charge in [0, 0.05) is 42.3 Å². The van der Waals surface area contributed by atoms with Crippen LogP contribution in [0.3, 0.4) is 0 Å². The largest absolute Gasteiger partial charge is 0.330 e. The molecule has 0 fully saturated rings. The highest BCUT2D eigenvalue weighted by Gasteiger charge is 2.22. The number of hydrogen-bond acceptors (Lipinski definition) is 5. The number of nitrogens with zero attached hydrogens (tertiary/aromatic N) is 3. The SMILES string of the molecule is CC(=O)N1CCc2cc(Nc3nc(C(C)C)ns3)ccc21. The van der Waals surface area contributed by atoms with Gasteiger partial charge in [-0.25, -0.2) is 4.98 Å². The van der Waals surface area contributed by atoms with E-state index in [1.165, 1.54) is 17.1 Å². The van der Waals surface area contributed by atoms with Gasteiger partial charge in [-0.15, -0.1) is 0 Å². The van der Waals surface area contributed by atoms with Crippen LogP contribution in [0.15, 0.2) is 18.2 Å². The maximum Gasteiger partial charge on any atom is 0.223 e. The number of hydrogen-bond donors (Lipinski definition) is 1. The van der Waals surface area contributed by atoms with Crippen LogP contribution >= 0.6 is 11.5 Å². The average Bonchev–Trinajstić information content (AvgIpc) is 3.04. The molecule has 2 aromatic rings. The van der Waals surface area contributed by atoms with E-state index < -0.39 is 0 Å². The van der Waals surface area contributed by atoms with Gasteiger partial charge in [0.1, 0.15) is 5.82 Å². The summed E-state index contributed by atoms with van der Waals surface area (Å²) in [6.07, 6.45) is 0.901. The lowest BCUT2D eigenvalue weighted by Gasteiger charge is -2.14. The zero-order chi connectivity index (χ0) is 15.0. The summed E-state index contributed by atoms with van der Waals surface area (Å²) in [4.78, 5) is 17.8. The van der Waals surface area contributed by atoms with Crippen LogP contribution in [0.25, 0.3) is 0 Å². The van der Waals surface area contributed by atoms with Crippen LogP contribution in [0.1, 0.15) is 38.1 Å². The topological polar surface area (TPSA) is 58.1 Å². The number of carbonyl (C=O) groups excluding carboxylic acids is 1. The maximum absolute atomic E-state index is 11.5. The zero-order valence-corrected chi connectivity index (χ0v) is 13.2. The number of nitrogens with one attached hydrogen (secondary N) is 1. The molecule has 0 bridgehead atoms. The number of aromatic nitrogens is 2. The quantitative estimate of drug-likeness (QED) is 0.945. The fourth-order valence-electron chi connectivity index (χ4n) is 2.45. The molecule has 1 amide bonds. The van der Waals surface area contributed by atoms with E-state index in [0.29, 0.717) is 5.92 Å². The predicted molar refractivity (Wildman–Crippen MR) is 85.5 cm³/mol. The fraction of sp³-hybridized carbons (Fsp3) is 0.400. The van der Waals surface area contributed by atoms with Crippen LogP contribution < -0.4 is 10.2 Å². The van der Waals surface area contributed by atoms with Crippen LogP contribution in [0.5, 0.6) is 0 Å². The Morgan fingerprint density at radius 3 is 2.90 bits per heavy atom. The summed E-state index contributed by atoms with van der Waals surface area (Å²) in [5.74, 6) is 1.30. The molecular formula is C15H18N4OS. The monoisotopic (exact) mass is 302 g/mol. The van der Waals surface area contributed by atoms with Crippen molar-refractivity contribution in [2.75, 3.05) is 16.8 Å². The molecule has 1 aliphatic rings. The van der Waals surface area contributed by atoms with Crippen LogP contribution in [0, 0.1) is 0 Å². The summed E-state index contributed by atoms with van der Waals surface area (Å²) in [7, 11) is 0. The fourth-order valence-corrected chi connectivity index (χ4v) is 3.18. The second-order valence-corrected chi connectivity index (χ2v) is 6.25. The summed E-state index contributed by atoms with van der Waals surface area (Å²) >= 11 is 1.37. The van der Waals surface area contributed by atoms with Crippen molar-refractivity contribution in [2.45, 2.75) is 33.1 Å². The molecular weight excluding hydrogens is 284 g/mol. The van der Waals surface area contributed by atoms with Gasteiger partial charge in [-0.3, -0.25) is 4.79 Å². The first kappa shape index (κ1) is 14.0. The zero-order valence-electron chi connectivity index (χ0n) is 12.4. The number of fused-ring (bicyclic) bond motifs is 1. The summed E-state index contributed by atoms with van der Waals surface area (Å²) in [6.45, 7) is 6.54.